The largest absolute Gasteiger partial charge is 0.366 e. The van der Waals surface area contributed by atoms with E-state index in [2.05, 4.69) is 47.7 Å². The van der Waals surface area contributed by atoms with Crippen LogP contribution in [0, 0.1) is 0 Å². The highest BCUT2D eigenvalue weighted by Gasteiger charge is 2.50. The third kappa shape index (κ3) is 2.17. The summed E-state index contributed by atoms with van der Waals surface area (Å²) in [5.74, 6) is 0. The average molecular weight is 299 g/mol. The fraction of sp³-hybridized carbons (Fsp3) is 0.737. The Morgan fingerprint density at radius 3 is 2.55 bits per heavy atom. The highest BCUT2D eigenvalue weighted by molar-refractivity contribution is 5.60. The van der Waals surface area contributed by atoms with Crippen LogP contribution in [0.3, 0.4) is 0 Å². The number of pyridine rings is 1. The van der Waals surface area contributed by atoms with E-state index in [-0.39, 0.29) is 5.41 Å². The molecule has 3 heteroatoms. The molecular formula is C19H29N3. The molecule has 4 rings (SSSR count). The first-order valence-corrected chi connectivity index (χ1v) is 8.97. The number of piperidine rings is 1. The molecule has 22 heavy (non-hydrogen) atoms. The quantitative estimate of drug-likeness (QED) is 0.832. The lowest BCUT2D eigenvalue weighted by atomic mass is 9.71. The molecule has 0 radical (unpaired) electrons. The molecular weight excluding hydrogens is 270 g/mol. The molecule has 1 saturated heterocycles. The van der Waals surface area contributed by atoms with Gasteiger partial charge in [-0.15, -0.1) is 0 Å². The van der Waals surface area contributed by atoms with Crippen LogP contribution >= 0.6 is 0 Å². The summed E-state index contributed by atoms with van der Waals surface area (Å²) in [5.41, 5.74) is 3.31. The molecule has 1 aromatic heterocycles. The lowest BCUT2D eigenvalue weighted by molar-refractivity contribution is 0.00197. The Balaban J connectivity index is 1.49. The highest BCUT2D eigenvalue weighted by atomic mass is 15.3. The second-order valence-electron chi connectivity index (χ2n) is 8.49. The fourth-order valence-corrected chi connectivity index (χ4v) is 4.93. The van der Waals surface area contributed by atoms with Gasteiger partial charge in [-0.05, 0) is 57.8 Å². The summed E-state index contributed by atoms with van der Waals surface area (Å²) in [5, 5.41) is 0. The first-order chi connectivity index (χ1) is 10.5. The highest BCUT2D eigenvalue weighted by Crippen LogP contribution is 2.48. The molecule has 0 aromatic carbocycles. The Morgan fingerprint density at radius 1 is 1.09 bits per heavy atom. The molecule has 0 bridgehead atoms. The van der Waals surface area contributed by atoms with E-state index in [1.54, 1.807) is 0 Å². The van der Waals surface area contributed by atoms with Crippen molar-refractivity contribution in [2.45, 2.75) is 69.9 Å². The zero-order valence-electron chi connectivity index (χ0n) is 14.3. The van der Waals surface area contributed by atoms with E-state index < -0.39 is 0 Å². The summed E-state index contributed by atoms with van der Waals surface area (Å²) in [4.78, 5) is 10.1. The van der Waals surface area contributed by atoms with Crippen LogP contribution < -0.4 is 4.90 Å². The summed E-state index contributed by atoms with van der Waals surface area (Å²) >= 11 is 0. The topological polar surface area (TPSA) is 19.4 Å². The molecule has 2 fully saturated rings. The summed E-state index contributed by atoms with van der Waals surface area (Å²) in [6, 6.07) is 5.07. The predicted octanol–water partition coefficient (Wildman–Crippen LogP) is 3.59. The van der Waals surface area contributed by atoms with Crippen molar-refractivity contribution < 1.29 is 0 Å². The van der Waals surface area contributed by atoms with Crippen molar-refractivity contribution in [1.82, 2.24) is 9.88 Å². The fourth-order valence-electron chi connectivity index (χ4n) is 4.93. The Morgan fingerprint density at radius 2 is 1.82 bits per heavy atom. The third-order valence-electron chi connectivity index (χ3n) is 6.21. The number of hydrogen-bond acceptors (Lipinski definition) is 3. The van der Waals surface area contributed by atoms with Crippen LogP contribution in [0.1, 0.15) is 58.6 Å². The monoisotopic (exact) mass is 299 g/mol. The van der Waals surface area contributed by atoms with Crippen LogP contribution in [-0.2, 0) is 5.41 Å². The van der Waals surface area contributed by atoms with Crippen molar-refractivity contribution in [3.05, 3.63) is 24.0 Å². The molecule has 0 unspecified atom stereocenters. The van der Waals surface area contributed by atoms with Gasteiger partial charge in [-0.25, -0.2) is 0 Å². The number of anilines is 1. The van der Waals surface area contributed by atoms with E-state index in [1.807, 2.05) is 6.20 Å². The molecule has 120 valence electrons. The molecule has 1 aromatic rings. The van der Waals surface area contributed by atoms with Crippen molar-refractivity contribution in [1.29, 1.82) is 0 Å². The zero-order chi connectivity index (χ0) is 15.4. The first kappa shape index (κ1) is 14.5. The van der Waals surface area contributed by atoms with Gasteiger partial charge in [0.1, 0.15) is 0 Å². The normalized spacial score (nSPS) is 34.3. The molecule has 3 nitrogen and oxygen atoms in total. The molecule has 0 atom stereocenters. The molecule has 0 amide bonds. The van der Waals surface area contributed by atoms with Gasteiger partial charge in [0.05, 0.1) is 11.4 Å². The molecule has 0 spiro atoms. The second kappa shape index (κ2) is 4.95. The molecule has 3 aliphatic rings. The van der Waals surface area contributed by atoms with Crippen molar-refractivity contribution in [3.63, 3.8) is 0 Å². The van der Waals surface area contributed by atoms with Crippen LogP contribution in [0.5, 0.6) is 0 Å². The number of rotatable bonds is 2. The number of aromatic nitrogens is 1. The molecule has 3 heterocycles. The van der Waals surface area contributed by atoms with Gasteiger partial charge >= 0.3 is 0 Å². The van der Waals surface area contributed by atoms with Crippen LogP contribution in [0.25, 0.3) is 0 Å². The standard InChI is InChI=1S/C19H29N3/c1-18(2)14-22(16-8-7-9-20-17(16)18)15-12-19(3,13-15)21-10-5-4-6-11-21/h7-9,15H,4-6,10-14H2,1-3H3. The number of nitrogens with zero attached hydrogens (tertiary/aromatic N) is 3. The van der Waals surface area contributed by atoms with Crippen LogP contribution in [-0.4, -0.2) is 41.1 Å². The summed E-state index contributed by atoms with van der Waals surface area (Å²) in [7, 11) is 0. The lowest BCUT2D eigenvalue weighted by Crippen LogP contribution is -2.63. The third-order valence-corrected chi connectivity index (χ3v) is 6.21. The molecule has 1 saturated carbocycles. The van der Waals surface area contributed by atoms with Gasteiger partial charge in [0.2, 0.25) is 0 Å². The second-order valence-corrected chi connectivity index (χ2v) is 8.49. The number of fused-ring (bicyclic) bond motifs is 1. The summed E-state index contributed by atoms with van der Waals surface area (Å²) < 4.78 is 0. The van der Waals surface area contributed by atoms with Crippen LogP contribution in [0.4, 0.5) is 5.69 Å². The van der Waals surface area contributed by atoms with Crippen LogP contribution in [0.2, 0.25) is 0 Å². The van der Waals surface area contributed by atoms with Gasteiger partial charge in [0, 0.05) is 29.7 Å². The molecule has 1 aliphatic carbocycles. The molecule has 0 N–H and O–H groups in total. The minimum atomic E-state index is 0.188. The van der Waals surface area contributed by atoms with E-state index in [9.17, 15) is 0 Å². The van der Waals surface area contributed by atoms with Gasteiger partial charge in [-0.3, -0.25) is 9.88 Å². The van der Waals surface area contributed by atoms with Crippen molar-refractivity contribution >= 4 is 5.69 Å². The van der Waals surface area contributed by atoms with Crippen molar-refractivity contribution in [3.8, 4) is 0 Å². The Bertz CT molecular complexity index is 554. The Kier molecular flexibility index (Phi) is 3.26. The minimum Gasteiger partial charge on any atom is -0.366 e. The van der Waals surface area contributed by atoms with E-state index in [1.165, 1.54) is 56.6 Å². The van der Waals surface area contributed by atoms with Gasteiger partial charge < -0.3 is 4.90 Å². The number of hydrogen-bond donors (Lipinski definition) is 0. The Labute approximate surface area is 134 Å². The summed E-state index contributed by atoms with van der Waals surface area (Å²) in [6.45, 7) is 10.9. The minimum absolute atomic E-state index is 0.188. The van der Waals surface area contributed by atoms with Crippen molar-refractivity contribution in [2.24, 2.45) is 0 Å². The maximum atomic E-state index is 4.68. The predicted molar refractivity (Wildman–Crippen MR) is 91.5 cm³/mol. The summed E-state index contributed by atoms with van der Waals surface area (Å²) in [6.07, 6.45) is 8.79. The zero-order valence-corrected chi connectivity index (χ0v) is 14.3. The average Bonchev–Trinajstić information content (AvgIpc) is 2.77. The van der Waals surface area contributed by atoms with Crippen molar-refractivity contribution in [2.75, 3.05) is 24.5 Å². The van der Waals surface area contributed by atoms with Gasteiger partial charge in [-0.2, -0.15) is 0 Å². The van der Waals surface area contributed by atoms with E-state index in [4.69, 9.17) is 0 Å². The van der Waals surface area contributed by atoms with E-state index >= 15 is 0 Å². The van der Waals surface area contributed by atoms with Gasteiger partial charge in [0.25, 0.3) is 0 Å². The van der Waals surface area contributed by atoms with Gasteiger partial charge in [-0.1, -0.05) is 20.3 Å². The van der Waals surface area contributed by atoms with E-state index in [0.717, 1.165) is 6.54 Å². The maximum Gasteiger partial charge on any atom is 0.0710 e. The van der Waals surface area contributed by atoms with E-state index in [0.29, 0.717) is 11.6 Å². The van der Waals surface area contributed by atoms with Crippen LogP contribution in [0.15, 0.2) is 18.3 Å². The Hall–Kier alpha value is -1.09. The maximum absolute atomic E-state index is 4.68. The molecule has 2 aliphatic heterocycles. The SMILES string of the molecule is CC1(C)CN(C2CC(C)(N3CCCCC3)C2)c2cccnc21. The lowest BCUT2D eigenvalue weighted by Gasteiger charge is -2.56. The smallest absolute Gasteiger partial charge is 0.0710 e. The first-order valence-electron chi connectivity index (χ1n) is 8.97. The van der Waals surface area contributed by atoms with Gasteiger partial charge in [0.15, 0.2) is 0 Å². The number of likely N-dealkylation sites (tertiary alicyclic amines) is 1.